The highest BCUT2D eigenvalue weighted by molar-refractivity contribution is 8.26. The maximum Gasteiger partial charge on any atom is 0.266 e. The van der Waals surface area contributed by atoms with Gasteiger partial charge in [0, 0.05) is 6.54 Å². The molecule has 1 aliphatic heterocycles. The van der Waals surface area contributed by atoms with Crippen molar-refractivity contribution < 1.29 is 14.3 Å². The molecule has 6 heteroatoms. The Hall–Kier alpha value is -1.79. The first-order valence-corrected chi connectivity index (χ1v) is 9.35. The van der Waals surface area contributed by atoms with Crippen molar-refractivity contribution in [3.63, 3.8) is 0 Å². The highest BCUT2D eigenvalue weighted by atomic mass is 32.2. The van der Waals surface area contributed by atoms with E-state index in [1.807, 2.05) is 24.3 Å². The van der Waals surface area contributed by atoms with E-state index < -0.39 is 0 Å². The lowest BCUT2D eigenvalue weighted by Gasteiger charge is -2.12. The number of methoxy groups -OCH3 is 1. The summed E-state index contributed by atoms with van der Waals surface area (Å²) in [5.74, 6) is 1.85. The number of amides is 1. The normalized spacial score (nSPS) is 16.0. The first-order chi connectivity index (χ1) is 12.0. The van der Waals surface area contributed by atoms with Crippen LogP contribution in [0.3, 0.4) is 0 Å². The number of nitrogens with zero attached hydrogens (tertiary/aromatic N) is 1. The molecule has 1 aromatic carbocycles. The summed E-state index contributed by atoms with van der Waals surface area (Å²) >= 11 is 6.55. The zero-order valence-electron chi connectivity index (χ0n) is 14.8. The smallest absolute Gasteiger partial charge is 0.266 e. The number of thiocarbonyl (C=S) groups is 1. The molecule has 0 radical (unpaired) electrons. The van der Waals surface area contributed by atoms with E-state index in [9.17, 15) is 4.79 Å². The quantitative estimate of drug-likeness (QED) is 0.379. The van der Waals surface area contributed by atoms with Crippen LogP contribution in [0, 0.1) is 5.92 Å². The van der Waals surface area contributed by atoms with Crippen LogP contribution in [0.15, 0.2) is 35.8 Å². The van der Waals surface area contributed by atoms with E-state index in [1.165, 1.54) is 11.8 Å². The van der Waals surface area contributed by atoms with E-state index in [4.69, 9.17) is 21.7 Å². The van der Waals surface area contributed by atoms with Gasteiger partial charge in [0.25, 0.3) is 5.91 Å². The van der Waals surface area contributed by atoms with E-state index in [1.54, 1.807) is 18.1 Å². The molecule has 0 unspecified atom stereocenters. The maximum absolute atomic E-state index is 12.4. The van der Waals surface area contributed by atoms with Crippen LogP contribution in [-0.2, 0) is 4.79 Å². The van der Waals surface area contributed by atoms with Crippen molar-refractivity contribution in [2.24, 2.45) is 5.92 Å². The summed E-state index contributed by atoms with van der Waals surface area (Å²) < 4.78 is 11.8. The van der Waals surface area contributed by atoms with Crippen LogP contribution in [0.2, 0.25) is 0 Å². The molecule has 0 atom stereocenters. The highest BCUT2D eigenvalue weighted by Crippen LogP contribution is 2.34. The van der Waals surface area contributed by atoms with Gasteiger partial charge in [0.1, 0.15) is 4.32 Å². The van der Waals surface area contributed by atoms with Crippen molar-refractivity contribution >= 4 is 40.3 Å². The molecule has 1 amide bonds. The molecule has 1 aliphatic rings. The van der Waals surface area contributed by atoms with Gasteiger partial charge in [-0.3, -0.25) is 9.69 Å². The summed E-state index contributed by atoms with van der Waals surface area (Å²) in [5.41, 5.74) is 0.868. The molecular weight excluding hydrogens is 354 g/mol. The Balaban J connectivity index is 2.16. The Kier molecular flexibility index (Phi) is 7.08. The van der Waals surface area contributed by atoms with Gasteiger partial charge in [0.15, 0.2) is 11.5 Å². The molecule has 25 heavy (non-hydrogen) atoms. The molecule has 2 rings (SSSR count). The van der Waals surface area contributed by atoms with Gasteiger partial charge in [-0.2, -0.15) is 0 Å². The van der Waals surface area contributed by atoms with Crippen LogP contribution in [-0.4, -0.2) is 35.4 Å². The van der Waals surface area contributed by atoms with Gasteiger partial charge in [0.2, 0.25) is 0 Å². The Bertz CT molecular complexity index is 698. The Labute approximate surface area is 158 Å². The Morgan fingerprint density at radius 2 is 2.12 bits per heavy atom. The van der Waals surface area contributed by atoms with Crippen molar-refractivity contribution in [1.29, 1.82) is 0 Å². The number of carbonyl (C=O) groups is 1. The van der Waals surface area contributed by atoms with Gasteiger partial charge >= 0.3 is 0 Å². The molecule has 0 bridgehead atoms. The van der Waals surface area contributed by atoms with Gasteiger partial charge in [0.05, 0.1) is 18.6 Å². The van der Waals surface area contributed by atoms with Crippen molar-refractivity contribution in [3.8, 4) is 11.5 Å². The largest absolute Gasteiger partial charge is 0.493 e. The molecule has 0 saturated carbocycles. The average molecular weight is 378 g/mol. The highest BCUT2D eigenvalue weighted by Gasteiger charge is 2.30. The predicted molar refractivity (Wildman–Crippen MR) is 108 cm³/mol. The average Bonchev–Trinajstić information content (AvgIpc) is 2.83. The molecule has 0 aromatic heterocycles. The molecule has 134 valence electrons. The van der Waals surface area contributed by atoms with E-state index in [0.29, 0.717) is 39.8 Å². The fourth-order valence-corrected chi connectivity index (χ4v) is 3.51. The standard InChI is InChI=1S/C19H23NO3S2/c1-5-9-20-18(21)17(25-19(20)24)12-14-6-7-15(16(11-14)22-4)23-10-8-13(2)3/h5-7,11-13H,1,8-10H2,2-4H3/b17-12-. The van der Waals surface area contributed by atoms with Gasteiger partial charge < -0.3 is 9.47 Å². The minimum absolute atomic E-state index is 0.0915. The van der Waals surface area contributed by atoms with Gasteiger partial charge in [-0.15, -0.1) is 6.58 Å². The second-order valence-corrected chi connectivity index (χ2v) is 7.70. The minimum atomic E-state index is -0.0915. The molecule has 4 nitrogen and oxygen atoms in total. The number of hydrogen-bond acceptors (Lipinski definition) is 5. The van der Waals surface area contributed by atoms with Crippen LogP contribution in [0.25, 0.3) is 6.08 Å². The van der Waals surface area contributed by atoms with Crippen LogP contribution in [0.4, 0.5) is 0 Å². The van der Waals surface area contributed by atoms with E-state index >= 15 is 0 Å². The zero-order chi connectivity index (χ0) is 18.4. The molecule has 1 saturated heterocycles. The number of carbonyl (C=O) groups excluding carboxylic acids is 1. The third-order valence-corrected chi connectivity index (χ3v) is 5.00. The number of rotatable bonds is 8. The predicted octanol–water partition coefficient (Wildman–Crippen LogP) is 4.51. The molecule has 1 heterocycles. The van der Waals surface area contributed by atoms with Crippen LogP contribution >= 0.6 is 24.0 Å². The molecule has 0 spiro atoms. The summed E-state index contributed by atoms with van der Waals surface area (Å²) in [6.45, 7) is 9.05. The topological polar surface area (TPSA) is 38.8 Å². The minimum Gasteiger partial charge on any atom is -0.493 e. The first kappa shape index (κ1) is 19.5. The van der Waals surface area contributed by atoms with Crippen LogP contribution in [0.1, 0.15) is 25.8 Å². The first-order valence-electron chi connectivity index (χ1n) is 8.13. The lowest BCUT2D eigenvalue weighted by molar-refractivity contribution is -0.121. The number of benzene rings is 1. The number of thioether (sulfide) groups is 1. The maximum atomic E-state index is 12.4. The van der Waals surface area contributed by atoms with Gasteiger partial charge in [-0.05, 0) is 36.1 Å². The summed E-state index contributed by atoms with van der Waals surface area (Å²) in [4.78, 5) is 14.5. The lowest BCUT2D eigenvalue weighted by Crippen LogP contribution is -2.27. The monoisotopic (exact) mass is 377 g/mol. The second-order valence-electron chi connectivity index (χ2n) is 6.02. The fraction of sp³-hybridized carbons (Fsp3) is 0.368. The lowest BCUT2D eigenvalue weighted by atomic mass is 10.1. The van der Waals surface area contributed by atoms with E-state index in [-0.39, 0.29) is 5.91 Å². The number of hydrogen-bond donors (Lipinski definition) is 0. The summed E-state index contributed by atoms with van der Waals surface area (Å²) in [6, 6.07) is 5.65. The van der Waals surface area contributed by atoms with Gasteiger partial charge in [-0.25, -0.2) is 0 Å². The fourth-order valence-electron chi connectivity index (χ4n) is 2.24. The van der Waals surface area contributed by atoms with Crippen molar-refractivity contribution in [3.05, 3.63) is 41.3 Å². The van der Waals surface area contributed by atoms with Crippen molar-refractivity contribution in [1.82, 2.24) is 4.90 Å². The van der Waals surface area contributed by atoms with E-state index in [2.05, 4.69) is 20.4 Å². The Morgan fingerprint density at radius 3 is 2.76 bits per heavy atom. The molecule has 1 fully saturated rings. The SMILES string of the molecule is C=CCN1C(=O)/C(=C/c2ccc(OCCC(C)C)c(OC)c2)SC1=S. The van der Waals surface area contributed by atoms with Crippen LogP contribution < -0.4 is 9.47 Å². The second kappa shape index (κ2) is 9.06. The molecule has 0 aliphatic carbocycles. The van der Waals surface area contributed by atoms with Gasteiger partial charge in [-0.1, -0.05) is 50.0 Å². The van der Waals surface area contributed by atoms with Crippen molar-refractivity contribution in [2.45, 2.75) is 20.3 Å². The molecule has 1 aromatic rings. The summed E-state index contributed by atoms with van der Waals surface area (Å²) in [5, 5.41) is 0. The number of ether oxygens (including phenoxy) is 2. The van der Waals surface area contributed by atoms with Crippen LogP contribution in [0.5, 0.6) is 11.5 Å². The van der Waals surface area contributed by atoms with E-state index in [0.717, 1.165) is 12.0 Å². The molecule has 0 N–H and O–H groups in total. The third kappa shape index (κ3) is 5.09. The van der Waals surface area contributed by atoms with Crippen molar-refractivity contribution in [2.75, 3.05) is 20.3 Å². The third-order valence-electron chi connectivity index (χ3n) is 3.62. The summed E-state index contributed by atoms with van der Waals surface area (Å²) in [6.07, 6.45) is 4.47. The zero-order valence-corrected chi connectivity index (χ0v) is 16.4. The Morgan fingerprint density at radius 1 is 1.36 bits per heavy atom. The summed E-state index contributed by atoms with van der Waals surface area (Å²) in [7, 11) is 1.61. The molecular formula is C19H23NO3S2.